The summed E-state index contributed by atoms with van der Waals surface area (Å²) in [4.78, 5) is 21.8. The van der Waals surface area contributed by atoms with Crippen LogP contribution in [0, 0.1) is 18.7 Å². The fourth-order valence-electron chi connectivity index (χ4n) is 5.64. The Bertz CT molecular complexity index is 1320. The normalized spacial score (nSPS) is 23.0. The highest BCUT2D eigenvalue weighted by Gasteiger charge is 2.42. The van der Waals surface area contributed by atoms with Gasteiger partial charge in [-0.2, -0.15) is 8.78 Å². The van der Waals surface area contributed by atoms with Gasteiger partial charge in [-0.3, -0.25) is 10.1 Å². The number of halogens is 3. The maximum absolute atomic E-state index is 14.9. The molecule has 1 atom stereocenters. The van der Waals surface area contributed by atoms with E-state index in [0.29, 0.717) is 16.7 Å². The zero-order chi connectivity index (χ0) is 25.0. The zero-order valence-corrected chi connectivity index (χ0v) is 19.3. The van der Waals surface area contributed by atoms with Crippen LogP contribution in [-0.4, -0.2) is 31.4 Å². The summed E-state index contributed by atoms with van der Waals surface area (Å²) in [5.74, 6) is -3.73. The van der Waals surface area contributed by atoms with Gasteiger partial charge in [-0.1, -0.05) is 6.07 Å². The van der Waals surface area contributed by atoms with Crippen molar-refractivity contribution < 1.29 is 23.4 Å². The van der Waals surface area contributed by atoms with Crippen molar-refractivity contribution in [3.05, 3.63) is 63.6 Å². The standard InChI is InChI=1S/C25H27F3N4O3/c1-14-29-19-11-20(34)32(24-8-5-15(6-9-24)7-10-24)12-17(19)22(30-14)31-23(35)16-3-2-4-18(21(16)26)25(27,28)13-33/h2-4,11-12,15,23,33,35H,5-10,13H2,1H3,(H,29,30,31)/p+1. The van der Waals surface area contributed by atoms with Gasteiger partial charge in [-0.15, -0.1) is 0 Å². The van der Waals surface area contributed by atoms with Crippen LogP contribution in [0.4, 0.5) is 19.0 Å². The second kappa shape index (κ2) is 8.60. The summed E-state index contributed by atoms with van der Waals surface area (Å²) < 4.78 is 44.7. The Morgan fingerprint density at radius 1 is 1.26 bits per heavy atom. The van der Waals surface area contributed by atoms with Crippen LogP contribution in [0.1, 0.15) is 61.7 Å². The summed E-state index contributed by atoms with van der Waals surface area (Å²) >= 11 is 0. The van der Waals surface area contributed by atoms with E-state index in [1.165, 1.54) is 18.2 Å². The Kier molecular flexibility index (Phi) is 5.83. The van der Waals surface area contributed by atoms with Crippen molar-refractivity contribution in [3.8, 4) is 0 Å². The third-order valence-electron chi connectivity index (χ3n) is 7.62. The van der Waals surface area contributed by atoms with Crippen LogP contribution in [0.15, 0.2) is 35.3 Å². The molecular formula is C25H28F3N4O3+. The molecule has 35 heavy (non-hydrogen) atoms. The summed E-state index contributed by atoms with van der Waals surface area (Å²) in [6.45, 7) is 0.0957. The summed E-state index contributed by atoms with van der Waals surface area (Å²) in [5.41, 5.74) is -1.28. The Morgan fingerprint density at radius 2 is 1.94 bits per heavy atom. The molecule has 3 aliphatic rings. The molecule has 2 heterocycles. The SMILES string of the molecule is Cc1nc(NC([OH2+])c2cccc(C(F)(F)CO)c2F)c2cn(C34CCC(CC3)CC4)c(=O)cc2n1. The summed E-state index contributed by atoms with van der Waals surface area (Å²) in [6, 6.07) is 4.82. The molecule has 0 aliphatic heterocycles. The van der Waals surface area contributed by atoms with Crippen LogP contribution in [0.2, 0.25) is 0 Å². The van der Waals surface area contributed by atoms with Crippen molar-refractivity contribution in [2.24, 2.45) is 5.92 Å². The second-order valence-corrected chi connectivity index (χ2v) is 9.76. The average Bonchev–Trinajstić information content (AvgIpc) is 2.84. The predicted molar refractivity (Wildman–Crippen MR) is 125 cm³/mol. The number of aliphatic hydroxyl groups is 1. The number of fused-ring (bicyclic) bond motifs is 4. The number of pyridine rings is 1. The number of nitrogens with one attached hydrogen (secondary N) is 1. The Hall–Kier alpha value is -2.98. The molecule has 0 amide bonds. The van der Waals surface area contributed by atoms with Crippen LogP contribution in [0.5, 0.6) is 0 Å². The number of anilines is 1. The molecule has 3 fully saturated rings. The average molecular weight is 490 g/mol. The van der Waals surface area contributed by atoms with Crippen molar-refractivity contribution >= 4 is 16.7 Å². The first-order valence-corrected chi connectivity index (χ1v) is 11.8. The smallest absolute Gasteiger partial charge is 0.298 e. The van der Waals surface area contributed by atoms with Gasteiger partial charge in [0.1, 0.15) is 24.1 Å². The molecule has 4 N–H and O–H groups in total. The minimum Gasteiger partial charge on any atom is -0.423 e. The minimum absolute atomic E-state index is 0.144. The number of nitrogens with zero attached hydrogens (tertiary/aromatic N) is 3. The van der Waals surface area contributed by atoms with Crippen LogP contribution in [0.25, 0.3) is 10.9 Å². The number of aliphatic hydroxyl groups excluding tert-OH is 1. The molecule has 0 saturated heterocycles. The highest BCUT2D eigenvalue weighted by Crippen LogP contribution is 2.48. The van der Waals surface area contributed by atoms with E-state index in [-0.39, 0.29) is 22.5 Å². The van der Waals surface area contributed by atoms with Gasteiger partial charge in [0.2, 0.25) is 0 Å². The van der Waals surface area contributed by atoms with Gasteiger partial charge in [0.05, 0.1) is 22.0 Å². The van der Waals surface area contributed by atoms with E-state index >= 15 is 0 Å². The molecule has 186 valence electrons. The van der Waals surface area contributed by atoms with Crippen molar-refractivity contribution in [1.82, 2.24) is 14.5 Å². The van der Waals surface area contributed by atoms with E-state index < -0.39 is 30.1 Å². The minimum atomic E-state index is -3.77. The summed E-state index contributed by atoms with van der Waals surface area (Å²) in [7, 11) is 0. The first-order chi connectivity index (χ1) is 16.6. The van der Waals surface area contributed by atoms with E-state index in [1.54, 1.807) is 17.7 Å². The molecule has 2 aromatic heterocycles. The second-order valence-electron chi connectivity index (χ2n) is 9.76. The van der Waals surface area contributed by atoms with Gasteiger partial charge in [-0.25, -0.2) is 14.4 Å². The van der Waals surface area contributed by atoms with E-state index in [1.807, 2.05) is 0 Å². The maximum Gasteiger partial charge on any atom is 0.298 e. The number of hydrogen-bond donors (Lipinski definition) is 2. The number of alkyl halides is 2. The van der Waals surface area contributed by atoms with Gasteiger partial charge >= 0.3 is 0 Å². The lowest BCUT2D eigenvalue weighted by atomic mass is 9.65. The molecular weight excluding hydrogens is 461 g/mol. The summed E-state index contributed by atoms with van der Waals surface area (Å²) in [6.07, 6.45) is 6.30. The highest BCUT2D eigenvalue weighted by atomic mass is 19.3. The lowest BCUT2D eigenvalue weighted by Crippen LogP contribution is -2.47. The maximum atomic E-state index is 14.9. The van der Waals surface area contributed by atoms with Crippen LogP contribution in [0.3, 0.4) is 0 Å². The monoisotopic (exact) mass is 489 g/mol. The quantitative estimate of drug-likeness (QED) is 0.405. The van der Waals surface area contributed by atoms with E-state index in [2.05, 4.69) is 15.3 Å². The molecule has 3 aromatic rings. The third kappa shape index (κ3) is 4.08. The van der Waals surface area contributed by atoms with Crippen molar-refractivity contribution in [2.45, 2.75) is 63.1 Å². The van der Waals surface area contributed by atoms with E-state index in [9.17, 15) is 18.0 Å². The molecule has 0 radical (unpaired) electrons. The van der Waals surface area contributed by atoms with Crippen molar-refractivity contribution in [1.29, 1.82) is 0 Å². The molecule has 7 nitrogen and oxygen atoms in total. The van der Waals surface area contributed by atoms with E-state index in [0.717, 1.165) is 50.5 Å². The van der Waals surface area contributed by atoms with Gasteiger partial charge in [0.25, 0.3) is 17.7 Å². The molecule has 3 saturated carbocycles. The number of aryl methyl sites for hydroxylation is 1. The first kappa shape index (κ1) is 23.7. The molecule has 3 aliphatic carbocycles. The topological polar surface area (TPSA) is 103 Å². The van der Waals surface area contributed by atoms with Gasteiger partial charge in [0.15, 0.2) is 0 Å². The Morgan fingerprint density at radius 3 is 2.60 bits per heavy atom. The molecule has 2 bridgehead atoms. The molecule has 10 heteroatoms. The van der Waals surface area contributed by atoms with Crippen LogP contribution in [-0.2, 0) is 11.5 Å². The van der Waals surface area contributed by atoms with Gasteiger partial charge in [0, 0.05) is 17.8 Å². The molecule has 1 aromatic carbocycles. The summed E-state index contributed by atoms with van der Waals surface area (Å²) in [5, 5.41) is 20.8. The number of benzene rings is 1. The highest BCUT2D eigenvalue weighted by molar-refractivity contribution is 5.88. The van der Waals surface area contributed by atoms with Crippen LogP contribution >= 0.6 is 0 Å². The van der Waals surface area contributed by atoms with Gasteiger partial charge < -0.3 is 14.8 Å². The van der Waals surface area contributed by atoms with E-state index in [4.69, 9.17) is 10.2 Å². The Labute approximate surface area is 199 Å². The van der Waals surface area contributed by atoms with Crippen molar-refractivity contribution in [3.63, 3.8) is 0 Å². The number of aromatic nitrogens is 3. The lowest BCUT2D eigenvalue weighted by molar-refractivity contribution is -0.0585. The predicted octanol–water partition coefficient (Wildman–Crippen LogP) is 3.84. The van der Waals surface area contributed by atoms with Crippen LogP contribution < -0.4 is 10.9 Å². The fraction of sp³-hybridized carbons (Fsp3) is 0.480. The third-order valence-corrected chi connectivity index (χ3v) is 7.62. The zero-order valence-electron chi connectivity index (χ0n) is 19.3. The van der Waals surface area contributed by atoms with Gasteiger partial charge in [-0.05, 0) is 63.5 Å². The number of hydrogen-bond acceptors (Lipinski definition) is 5. The van der Waals surface area contributed by atoms with Crippen molar-refractivity contribution in [2.75, 3.05) is 11.9 Å². The first-order valence-electron chi connectivity index (χ1n) is 11.8. The largest absolute Gasteiger partial charge is 0.423 e. The molecule has 6 rings (SSSR count). The molecule has 0 spiro atoms. The Balaban J connectivity index is 1.56. The fourth-order valence-corrected chi connectivity index (χ4v) is 5.64. The lowest BCUT2D eigenvalue weighted by Gasteiger charge is -2.47. The number of rotatable bonds is 6. The molecule has 1 unspecified atom stereocenters.